The number of aryl methyl sites for hydroxylation is 1. The Hall–Kier alpha value is -4.15. The van der Waals surface area contributed by atoms with Crippen LogP contribution in [0.2, 0.25) is 0 Å². The van der Waals surface area contributed by atoms with Crippen LogP contribution in [0.4, 0.5) is 23.4 Å². The smallest absolute Gasteiger partial charge is 0.381 e. The van der Waals surface area contributed by atoms with Crippen molar-refractivity contribution in [2.45, 2.75) is 32.5 Å². The second kappa shape index (κ2) is 8.57. The highest BCUT2D eigenvalue weighted by Crippen LogP contribution is 2.33. The zero-order valence-electron chi connectivity index (χ0n) is 18.7. The molecule has 1 aliphatic rings. The van der Waals surface area contributed by atoms with Crippen LogP contribution >= 0.6 is 0 Å². The van der Waals surface area contributed by atoms with E-state index in [1.807, 2.05) is 6.92 Å². The zero-order valence-corrected chi connectivity index (χ0v) is 18.7. The van der Waals surface area contributed by atoms with Crippen LogP contribution in [0.25, 0.3) is 11.3 Å². The summed E-state index contributed by atoms with van der Waals surface area (Å²) in [7, 11) is 0. The molecule has 4 rings (SSSR count). The Morgan fingerprint density at radius 3 is 2.43 bits per heavy atom. The highest BCUT2D eigenvalue weighted by atomic mass is 19.4. The number of nitrogens with zero attached hydrogens (tertiary/aromatic N) is 3. The molecule has 3 aromatic rings. The van der Waals surface area contributed by atoms with Crippen molar-refractivity contribution in [2.75, 3.05) is 5.32 Å². The number of carbonyl (C=O) groups is 2. The minimum atomic E-state index is -4.92. The van der Waals surface area contributed by atoms with Crippen molar-refractivity contribution >= 4 is 23.2 Å². The van der Waals surface area contributed by atoms with Crippen LogP contribution in [0.15, 0.2) is 53.9 Å². The van der Waals surface area contributed by atoms with E-state index >= 15 is 0 Å². The molecule has 0 spiro atoms. The molecule has 1 aromatic heterocycles. The molecule has 2 heterocycles. The van der Waals surface area contributed by atoms with Crippen LogP contribution in [0.1, 0.15) is 40.9 Å². The maximum Gasteiger partial charge on any atom is 0.417 e. The van der Waals surface area contributed by atoms with Crippen LogP contribution in [-0.2, 0) is 15.8 Å². The molecule has 1 aliphatic heterocycles. The van der Waals surface area contributed by atoms with Gasteiger partial charge in [-0.15, -0.1) is 0 Å². The van der Waals surface area contributed by atoms with E-state index in [-0.39, 0.29) is 17.3 Å². The van der Waals surface area contributed by atoms with E-state index in [0.717, 1.165) is 23.9 Å². The van der Waals surface area contributed by atoms with Crippen LogP contribution in [0.3, 0.4) is 0 Å². The quantitative estimate of drug-likeness (QED) is 0.527. The molecule has 35 heavy (non-hydrogen) atoms. The van der Waals surface area contributed by atoms with Gasteiger partial charge in [-0.1, -0.05) is 23.4 Å². The van der Waals surface area contributed by atoms with Crippen LogP contribution < -0.4 is 5.32 Å². The van der Waals surface area contributed by atoms with Gasteiger partial charge in [0.05, 0.1) is 29.2 Å². The van der Waals surface area contributed by atoms with Gasteiger partial charge >= 0.3 is 6.18 Å². The number of rotatable bonds is 4. The second-order valence-corrected chi connectivity index (χ2v) is 8.30. The predicted octanol–water partition coefficient (Wildman–Crippen LogP) is 4.94. The van der Waals surface area contributed by atoms with Gasteiger partial charge in [0, 0.05) is 11.1 Å². The fourth-order valence-corrected chi connectivity index (χ4v) is 3.46. The molecule has 0 unspecified atom stereocenters. The summed E-state index contributed by atoms with van der Waals surface area (Å²) >= 11 is 0. The first-order chi connectivity index (χ1) is 16.4. The number of benzene rings is 2. The third-order valence-electron chi connectivity index (χ3n) is 5.35. The van der Waals surface area contributed by atoms with Gasteiger partial charge in [0.25, 0.3) is 5.91 Å². The highest BCUT2D eigenvalue weighted by Gasteiger charge is 2.40. The number of alkyl halides is 3. The fourth-order valence-electron chi connectivity index (χ4n) is 3.46. The number of aromatic nitrogens is 2. The molecule has 11 heteroatoms. The Kier molecular flexibility index (Phi) is 5.87. The van der Waals surface area contributed by atoms with E-state index in [1.54, 1.807) is 32.0 Å². The van der Waals surface area contributed by atoms with E-state index in [1.165, 1.54) is 6.20 Å². The van der Waals surface area contributed by atoms with E-state index in [2.05, 4.69) is 20.4 Å². The van der Waals surface area contributed by atoms with Gasteiger partial charge < -0.3 is 10.2 Å². The Morgan fingerprint density at radius 1 is 1.09 bits per heavy atom. The third-order valence-corrected chi connectivity index (χ3v) is 5.35. The highest BCUT2D eigenvalue weighted by molar-refractivity contribution is 6.49. The normalized spacial score (nSPS) is 14.9. The number of amides is 1. The molecule has 1 amide bonds. The summed E-state index contributed by atoms with van der Waals surface area (Å²) in [6.07, 6.45) is -2.48. The zero-order chi connectivity index (χ0) is 25.5. The standard InChI is InChI=1S/C24H18F4N4O3/c1-12-7-8-13(20-21(33)23(2,3)35-32-20)9-14(12)17-10-30-18(11-29-17)31-22(34)19-15(24(26,27)28)5-4-6-16(19)25/h4-11H,1-3H3,(H,30,31,34). The average Bonchev–Trinajstić information content (AvgIpc) is 3.06. The number of ketones is 1. The van der Waals surface area contributed by atoms with Gasteiger partial charge in [0.2, 0.25) is 5.78 Å². The molecule has 1 N–H and O–H groups in total. The number of carbonyl (C=O) groups excluding carboxylic acids is 2. The maximum absolute atomic E-state index is 14.1. The average molecular weight is 486 g/mol. The molecule has 0 atom stereocenters. The summed E-state index contributed by atoms with van der Waals surface area (Å²) in [6.45, 7) is 5.03. The first-order valence-corrected chi connectivity index (χ1v) is 10.3. The first kappa shape index (κ1) is 24.0. The monoisotopic (exact) mass is 486 g/mol. The van der Waals surface area contributed by atoms with Gasteiger partial charge in [-0.05, 0) is 44.5 Å². The van der Waals surface area contributed by atoms with E-state index in [0.29, 0.717) is 22.9 Å². The van der Waals surface area contributed by atoms with E-state index < -0.39 is 34.6 Å². The summed E-state index contributed by atoms with van der Waals surface area (Å²) in [5, 5.41) is 6.03. The third kappa shape index (κ3) is 4.61. The molecule has 2 aromatic carbocycles. The topological polar surface area (TPSA) is 93.5 Å². The number of nitrogens with one attached hydrogen (secondary N) is 1. The Balaban J connectivity index is 1.60. The molecule has 180 valence electrons. The summed E-state index contributed by atoms with van der Waals surface area (Å²) in [5.74, 6) is -3.07. The van der Waals surface area contributed by atoms with Gasteiger partial charge in [0.15, 0.2) is 17.1 Å². The number of hydrogen-bond donors (Lipinski definition) is 1. The lowest BCUT2D eigenvalue weighted by Gasteiger charge is -2.13. The second-order valence-electron chi connectivity index (χ2n) is 8.30. The van der Waals surface area contributed by atoms with Gasteiger partial charge in [0.1, 0.15) is 5.82 Å². The Morgan fingerprint density at radius 2 is 1.83 bits per heavy atom. The molecule has 0 bridgehead atoms. The first-order valence-electron chi connectivity index (χ1n) is 10.3. The number of oxime groups is 1. The minimum absolute atomic E-state index is 0.165. The van der Waals surface area contributed by atoms with Crippen molar-refractivity contribution in [3.05, 3.63) is 76.9 Å². The molecule has 0 saturated carbocycles. The van der Waals surface area contributed by atoms with Crippen molar-refractivity contribution in [3.8, 4) is 11.3 Å². The largest absolute Gasteiger partial charge is 0.417 e. The van der Waals surface area contributed by atoms with Crippen molar-refractivity contribution < 1.29 is 32.0 Å². The van der Waals surface area contributed by atoms with Crippen molar-refractivity contribution in [2.24, 2.45) is 5.16 Å². The molecule has 0 radical (unpaired) electrons. The summed E-state index contributed by atoms with van der Waals surface area (Å²) in [5.41, 5.74) is -1.14. The van der Waals surface area contributed by atoms with Crippen molar-refractivity contribution in [3.63, 3.8) is 0 Å². The summed E-state index contributed by atoms with van der Waals surface area (Å²) in [6, 6.07) is 7.43. The number of hydrogen-bond acceptors (Lipinski definition) is 6. The molecular formula is C24H18F4N4O3. The molecule has 0 saturated heterocycles. The van der Waals surface area contributed by atoms with Gasteiger partial charge in [-0.25, -0.2) is 9.37 Å². The molecule has 0 aliphatic carbocycles. The molecule has 7 nitrogen and oxygen atoms in total. The van der Waals surface area contributed by atoms with Gasteiger partial charge in [-0.3, -0.25) is 14.6 Å². The maximum atomic E-state index is 14.1. The van der Waals surface area contributed by atoms with E-state index in [4.69, 9.17) is 4.84 Å². The number of Topliss-reactive ketones (excluding diaryl/α,β-unsaturated/α-hetero) is 1. The SMILES string of the molecule is Cc1ccc(C2=NOC(C)(C)C2=O)cc1-c1cnc(NC(=O)c2c(F)cccc2C(F)(F)F)cn1. The van der Waals surface area contributed by atoms with Crippen LogP contribution in [-0.4, -0.2) is 33.0 Å². The Bertz CT molecular complexity index is 1370. The lowest BCUT2D eigenvalue weighted by atomic mass is 9.93. The lowest BCUT2D eigenvalue weighted by molar-refractivity contribution is -0.138. The lowest BCUT2D eigenvalue weighted by Crippen LogP contribution is -2.33. The fraction of sp³-hybridized carbons (Fsp3) is 0.208. The summed E-state index contributed by atoms with van der Waals surface area (Å²) < 4.78 is 53.7. The van der Waals surface area contributed by atoms with E-state index in [9.17, 15) is 27.2 Å². The molecule has 0 fully saturated rings. The number of halogens is 4. The minimum Gasteiger partial charge on any atom is -0.381 e. The van der Waals surface area contributed by atoms with Crippen molar-refractivity contribution in [1.82, 2.24) is 9.97 Å². The predicted molar refractivity (Wildman–Crippen MR) is 118 cm³/mol. The van der Waals surface area contributed by atoms with Crippen LogP contribution in [0, 0.1) is 12.7 Å². The summed E-state index contributed by atoms with van der Waals surface area (Å²) in [4.78, 5) is 38.4. The molecular weight excluding hydrogens is 468 g/mol. The van der Waals surface area contributed by atoms with Crippen LogP contribution in [0.5, 0.6) is 0 Å². The number of anilines is 1. The van der Waals surface area contributed by atoms with Crippen molar-refractivity contribution in [1.29, 1.82) is 0 Å². The Labute approximate surface area is 196 Å². The van der Waals surface area contributed by atoms with Gasteiger partial charge in [-0.2, -0.15) is 13.2 Å².